The predicted octanol–water partition coefficient (Wildman–Crippen LogP) is 2.47. The highest BCUT2D eigenvalue weighted by Gasteiger charge is 2.05. The van der Waals surface area contributed by atoms with Gasteiger partial charge in [0.1, 0.15) is 0 Å². The van der Waals surface area contributed by atoms with Gasteiger partial charge in [-0.3, -0.25) is 4.57 Å². The molecule has 0 saturated carbocycles. The van der Waals surface area contributed by atoms with Crippen molar-refractivity contribution >= 4 is 23.2 Å². The zero-order valence-corrected chi connectivity index (χ0v) is 8.51. The van der Waals surface area contributed by atoms with Gasteiger partial charge in [0.15, 0.2) is 0 Å². The molecule has 0 aliphatic heterocycles. The van der Waals surface area contributed by atoms with Crippen LogP contribution in [0.15, 0.2) is 35.4 Å². The number of nitrogens with zero attached hydrogens (tertiary/aromatic N) is 1. The summed E-state index contributed by atoms with van der Waals surface area (Å²) >= 11 is 11.7. The van der Waals surface area contributed by atoms with Crippen LogP contribution in [0.5, 0.6) is 0 Å². The van der Waals surface area contributed by atoms with Crippen LogP contribution in [0.4, 0.5) is 0 Å². The third-order valence-corrected chi connectivity index (χ3v) is 2.37. The molecule has 5 heteroatoms. The standard InChI is InChI=1S/C9H6Cl2N2O/c10-6-1-2-7(11)8(5-6)13-4-3-12-9(13)14/h1-5H,(H,12,14). The molecule has 0 aliphatic rings. The number of hydrogen-bond acceptors (Lipinski definition) is 1. The summed E-state index contributed by atoms with van der Waals surface area (Å²) in [6.07, 6.45) is 3.14. The Labute approximate surface area is 89.9 Å². The van der Waals surface area contributed by atoms with E-state index in [0.717, 1.165) is 0 Å². The lowest BCUT2D eigenvalue weighted by molar-refractivity contribution is 0.988. The Morgan fingerprint density at radius 1 is 1.29 bits per heavy atom. The van der Waals surface area contributed by atoms with Crippen molar-refractivity contribution in [1.82, 2.24) is 9.55 Å². The second-order valence-electron chi connectivity index (χ2n) is 2.73. The maximum absolute atomic E-state index is 11.3. The molecule has 0 amide bonds. The van der Waals surface area contributed by atoms with Crippen LogP contribution in [-0.4, -0.2) is 9.55 Å². The number of aromatic nitrogens is 2. The highest BCUT2D eigenvalue weighted by molar-refractivity contribution is 6.34. The number of imidazole rings is 1. The molecule has 1 N–H and O–H groups in total. The fraction of sp³-hybridized carbons (Fsp3) is 0. The molecular formula is C9H6Cl2N2O. The van der Waals surface area contributed by atoms with Crippen molar-refractivity contribution in [3.63, 3.8) is 0 Å². The molecule has 0 aliphatic carbocycles. The third-order valence-electron chi connectivity index (χ3n) is 1.82. The van der Waals surface area contributed by atoms with Crippen molar-refractivity contribution in [1.29, 1.82) is 0 Å². The fourth-order valence-corrected chi connectivity index (χ4v) is 1.56. The van der Waals surface area contributed by atoms with Gasteiger partial charge in [0, 0.05) is 17.4 Å². The van der Waals surface area contributed by atoms with E-state index < -0.39 is 0 Å². The van der Waals surface area contributed by atoms with Crippen molar-refractivity contribution < 1.29 is 0 Å². The number of aromatic amines is 1. The minimum Gasteiger partial charge on any atom is -0.312 e. The van der Waals surface area contributed by atoms with E-state index in [0.29, 0.717) is 15.7 Å². The SMILES string of the molecule is O=c1[nH]ccn1-c1cc(Cl)ccc1Cl. The first-order chi connectivity index (χ1) is 6.68. The molecule has 2 rings (SSSR count). The largest absolute Gasteiger partial charge is 0.330 e. The predicted molar refractivity (Wildman–Crippen MR) is 56.4 cm³/mol. The Morgan fingerprint density at radius 3 is 2.71 bits per heavy atom. The molecular weight excluding hydrogens is 223 g/mol. The lowest BCUT2D eigenvalue weighted by Crippen LogP contribution is -2.14. The van der Waals surface area contributed by atoms with E-state index in [4.69, 9.17) is 23.2 Å². The van der Waals surface area contributed by atoms with Gasteiger partial charge in [0.25, 0.3) is 0 Å². The summed E-state index contributed by atoms with van der Waals surface area (Å²) in [5.74, 6) is 0. The van der Waals surface area contributed by atoms with Crippen molar-refractivity contribution in [2.75, 3.05) is 0 Å². The second-order valence-corrected chi connectivity index (χ2v) is 3.57. The molecule has 1 aromatic heterocycles. The monoisotopic (exact) mass is 228 g/mol. The number of benzene rings is 1. The lowest BCUT2D eigenvalue weighted by Gasteiger charge is -2.03. The summed E-state index contributed by atoms with van der Waals surface area (Å²) in [6, 6.07) is 4.96. The normalized spacial score (nSPS) is 10.4. The Bertz CT molecular complexity index is 516. The molecule has 14 heavy (non-hydrogen) atoms. The Balaban J connectivity index is 2.68. The fourth-order valence-electron chi connectivity index (χ4n) is 1.18. The average Bonchev–Trinajstić information content (AvgIpc) is 2.56. The van der Waals surface area contributed by atoms with Crippen molar-refractivity contribution in [3.8, 4) is 5.69 Å². The highest BCUT2D eigenvalue weighted by Crippen LogP contribution is 2.22. The maximum atomic E-state index is 11.3. The minimum absolute atomic E-state index is 0.242. The molecule has 0 atom stereocenters. The van der Waals surface area contributed by atoms with E-state index in [1.54, 1.807) is 30.6 Å². The topological polar surface area (TPSA) is 37.8 Å². The molecule has 3 nitrogen and oxygen atoms in total. The highest BCUT2D eigenvalue weighted by atomic mass is 35.5. The smallest absolute Gasteiger partial charge is 0.312 e. The second kappa shape index (κ2) is 3.52. The molecule has 0 radical (unpaired) electrons. The van der Waals surface area contributed by atoms with E-state index >= 15 is 0 Å². The van der Waals surface area contributed by atoms with Crippen LogP contribution in [0.1, 0.15) is 0 Å². The minimum atomic E-state index is -0.242. The number of rotatable bonds is 1. The third kappa shape index (κ3) is 1.56. The van der Waals surface area contributed by atoms with Crippen molar-refractivity contribution in [3.05, 3.63) is 51.1 Å². The van der Waals surface area contributed by atoms with Gasteiger partial charge in [-0.05, 0) is 18.2 Å². The number of H-pyrrole nitrogens is 1. The maximum Gasteiger partial charge on any atom is 0.330 e. The Hall–Kier alpha value is -1.19. The first-order valence-electron chi connectivity index (χ1n) is 3.90. The van der Waals surface area contributed by atoms with E-state index in [-0.39, 0.29) is 5.69 Å². The molecule has 0 bridgehead atoms. The first-order valence-corrected chi connectivity index (χ1v) is 4.65. The summed E-state index contributed by atoms with van der Waals surface area (Å²) in [4.78, 5) is 13.8. The van der Waals surface area contributed by atoms with Crippen molar-refractivity contribution in [2.45, 2.75) is 0 Å². The molecule has 0 fully saturated rings. The molecule has 0 spiro atoms. The summed E-state index contributed by atoms with van der Waals surface area (Å²) in [7, 11) is 0. The summed E-state index contributed by atoms with van der Waals surface area (Å²) in [5, 5.41) is 1.02. The van der Waals surface area contributed by atoms with Crippen LogP contribution in [0, 0.1) is 0 Å². The van der Waals surface area contributed by atoms with E-state index in [1.165, 1.54) is 4.57 Å². The molecule has 72 valence electrons. The van der Waals surface area contributed by atoms with Crippen LogP contribution < -0.4 is 5.69 Å². The Kier molecular flexibility index (Phi) is 2.35. The van der Waals surface area contributed by atoms with E-state index in [2.05, 4.69) is 4.98 Å². The van der Waals surface area contributed by atoms with Gasteiger partial charge < -0.3 is 4.98 Å². The quantitative estimate of drug-likeness (QED) is 0.801. The van der Waals surface area contributed by atoms with Crippen LogP contribution in [0.2, 0.25) is 10.0 Å². The number of hydrogen-bond donors (Lipinski definition) is 1. The molecule has 1 heterocycles. The average molecular weight is 229 g/mol. The van der Waals surface area contributed by atoms with Crippen molar-refractivity contribution in [2.24, 2.45) is 0 Å². The van der Waals surface area contributed by atoms with Gasteiger partial charge >= 0.3 is 5.69 Å². The zero-order chi connectivity index (χ0) is 10.1. The van der Waals surface area contributed by atoms with E-state index in [9.17, 15) is 4.79 Å². The molecule has 0 unspecified atom stereocenters. The number of halogens is 2. The summed E-state index contributed by atoms with van der Waals surface area (Å²) < 4.78 is 1.40. The Morgan fingerprint density at radius 2 is 2.07 bits per heavy atom. The number of nitrogens with one attached hydrogen (secondary N) is 1. The summed E-state index contributed by atoms with van der Waals surface area (Å²) in [6.45, 7) is 0. The van der Waals surface area contributed by atoms with Crippen LogP contribution in [-0.2, 0) is 0 Å². The van der Waals surface area contributed by atoms with Gasteiger partial charge in [-0.2, -0.15) is 0 Å². The van der Waals surface area contributed by atoms with Gasteiger partial charge in [-0.1, -0.05) is 23.2 Å². The van der Waals surface area contributed by atoms with Crippen LogP contribution in [0.25, 0.3) is 5.69 Å². The zero-order valence-electron chi connectivity index (χ0n) is 7.00. The first kappa shape index (κ1) is 9.37. The molecule has 2 aromatic rings. The molecule has 1 aromatic carbocycles. The van der Waals surface area contributed by atoms with E-state index in [1.807, 2.05) is 0 Å². The van der Waals surface area contributed by atoms with Gasteiger partial charge in [-0.25, -0.2) is 4.79 Å². The van der Waals surface area contributed by atoms with Gasteiger partial charge in [-0.15, -0.1) is 0 Å². The lowest BCUT2D eigenvalue weighted by atomic mass is 10.3. The summed E-state index contributed by atoms with van der Waals surface area (Å²) in [5.41, 5.74) is 0.333. The molecule has 0 saturated heterocycles. The van der Waals surface area contributed by atoms with Crippen LogP contribution >= 0.6 is 23.2 Å². The van der Waals surface area contributed by atoms with Gasteiger partial charge in [0.2, 0.25) is 0 Å². The van der Waals surface area contributed by atoms with Crippen LogP contribution in [0.3, 0.4) is 0 Å². The van der Waals surface area contributed by atoms with Gasteiger partial charge in [0.05, 0.1) is 10.7 Å².